The fourth-order valence-electron chi connectivity index (χ4n) is 2.16. The molecule has 1 N–H and O–H groups in total. The maximum absolute atomic E-state index is 10.7. The molecular weight excluding hydrogens is 314 g/mol. The summed E-state index contributed by atoms with van der Waals surface area (Å²) in [6.07, 6.45) is 3.30. The molecule has 0 saturated carbocycles. The standard InChI is InChI=1S/C20H15N3O2/c24-13-16-6-4-15(5-7-16)12-21-19-2-1-3-20(23-19)22-18-10-8-17(14-25)9-11-18/h1-14H,(H,22,23). The van der Waals surface area contributed by atoms with Gasteiger partial charge >= 0.3 is 0 Å². The average Bonchev–Trinajstić information content (AvgIpc) is 2.68. The second kappa shape index (κ2) is 7.79. The number of aromatic nitrogens is 1. The molecule has 0 aliphatic carbocycles. The zero-order chi connectivity index (χ0) is 17.5. The fraction of sp³-hybridized carbons (Fsp3) is 0. The van der Waals surface area contributed by atoms with Gasteiger partial charge in [0.25, 0.3) is 0 Å². The summed E-state index contributed by atoms with van der Waals surface area (Å²) >= 11 is 0. The lowest BCUT2D eigenvalue weighted by Crippen LogP contribution is -1.93. The lowest BCUT2D eigenvalue weighted by atomic mass is 10.2. The largest absolute Gasteiger partial charge is 0.340 e. The Bertz CT molecular complexity index is 901. The van der Waals surface area contributed by atoms with Crippen LogP contribution in [0.1, 0.15) is 26.3 Å². The summed E-state index contributed by atoms with van der Waals surface area (Å²) in [6.45, 7) is 0. The van der Waals surface area contributed by atoms with Gasteiger partial charge in [0.05, 0.1) is 0 Å². The summed E-state index contributed by atoms with van der Waals surface area (Å²) in [5, 5.41) is 3.17. The Balaban J connectivity index is 1.72. The number of hydrogen-bond acceptors (Lipinski definition) is 5. The number of nitrogens with zero attached hydrogens (tertiary/aromatic N) is 2. The van der Waals surface area contributed by atoms with Crippen LogP contribution < -0.4 is 5.32 Å². The van der Waals surface area contributed by atoms with Gasteiger partial charge in [-0.25, -0.2) is 9.98 Å². The molecule has 0 radical (unpaired) electrons. The second-order valence-electron chi connectivity index (χ2n) is 5.29. The van der Waals surface area contributed by atoms with Gasteiger partial charge in [0.15, 0.2) is 5.82 Å². The Morgan fingerprint density at radius 3 is 2.00 bits per heavy atom. The molecule has 0 amide bonds. The molecule has 0 aliphatic rings. The number of aliphatic imine (C=N–C) groups is 1. The first-order valence-electron chi connectivity index (χ1n) is 7.65. The van der Waals surface area contributed by atoms with E-state index in [0.717, 1.165) is 23.8 Å². The molecule has 122 valence electrons. The van der Waals surface area contributed by atoms with Gasteiger partial charge < -0.3 is 5.32 Å². The second-order valence-corrected chi connectivity index (χ2v) is 5.29. The molecule has 0 spiro atoms. The van der Waals surface area contributed by atoms with Gasteiger partial charge in [-0.05, 0) is 42.0 Å². The smallest absolute Gasteiger partial charge is 0.154 e. The third-order valence-electron chi connectivity index (χ3n) is 3.47. The summed E-state index contributed by atoms with van der Waals surface area (Å²) in [4.78, 5) is 30.1. The molecule has 1 heterocycles. The molecule has 0 fully saturated rings. The van der Waals surface area contributed by atoms with Crippen molar-refractivity contribution < 1.29 is 9.59 Å². The Labute approximate surface area is 145 Å². The average molecular weight is 329 g/mol. The van der Waals surface area contributed by atoms with Gasteiger partial charge in [0.2, 0.25) is 0 Å². The van der Waals surface area contributed by atoms with Crippen molar-refractivity contribution in [3.8, 4) is 0 Å². The molecule has 0 unspecified atom stereocenters. The van der Waals surface area contributed by atoms with E-state index in [-0.39, 0.29) is 0 Å². The number of hydrogen-bond donors (Lipinski definition) is 1. The minimum absolute atomic E-state index is 0.564. The third kappa shape index (κ3) is 4.45. The van der Waals surface area contributed by atoms with Gasteiger partial charge in [-0.2, -0.15) is 0 Å². The lowest BCUT2D eigenvalue weighted by molar-refractivity contribution is 0.111. The van der Waals surface area contributed by atoms with Crippen molar-refractivity contribution in [2.75, 3.05) is 5.32 Å². The molecule has 2 aromatic carbocycles. The van der Waals surface area contributed by atoms with E-state index in [1.165, 1.54) is 0 Å². The number of rotatable bonds is 6. The molecule has 5 heteroatoms. The predicted molar refractivity (Wildman–Crippen MR) is 98.4 cm³/mol. The molecular formula is C20H15N3O2. The van der Waals surface area contributed by atoms with Gasteiger partial charge in [-0.1, -0.05) is 30.3 Å². The SMILES string of the molecule is O=Cc1ccc(C=Nc2cccc(Nc3ccc(C=O)cc3)n2)cc1. The van der Waals surface area contributed by atoms with E-state index in [1.54, 1.807) is 36.5 Å². The van der Waals surface area contributed by atoms with Crippen molar-refractivity contribution in [1.82, 2.24) is 4.98 Å². The molecule has 0 bridgehead atoms. The van der Waals surface area contributed by atoms with Crippen LogP contribution in [0.2, 0.25) is 0 Å². The molecule has 1 aromatic heterocycles. The highest BCUT2D eigenvalue weighted by Gasteiger charge is 1.98. The first kappa shape index (κ1) is 16.3. The predicted octanol–water partition coefficient (Wildman–Crippen LogP) is 4.20. The van der Waals surface area contributed by atoms with Crippen molar-refractivity contribution >= 4 is 36.1 Å². The van der Waals surface area contributed by atoms with Crippen LogP contribution in [0.25, 0.3) is 0 Å². The number of benzene rings is 2. The van der Waals surface area contributed by atoms with Crippen molar-refractivity contribution in [2.45, 2.75) is 0 Å². The van der Waals surface area contributed by atoms with Crippen LogP contribution in [-0.4, -0.2) is 23.8 Å². The van der Waals surface area contributed by atoms with Crippen LogP contribution in [0.5, 0.6) is 0 Å². The Morgan fingerprint density at radius 2 is 1.36 bits per heavy atom. The molecule has 25 heavy (non-hydrogen) atoms. The Hall–Kier alpha value is -3.60. The summed E-state index contributed by atoms with van der Waals surface area (Å²) in [6, 6.07) is 19.7. The zero-order valence-electron chi connectivity index (χ0n) is 13.3. The van der Waals surface area contributed by atoms with Gasteiger partial charge in [-0.15, -0.1) is 0 Å². The Kier molecular flexibility index (Phi) is 5.07. The number of anilines is 2. The first-order chi connectivity index (χ1) is 12.3. The molecule has 3 aromatic rings. The highest BCUT2D eigenvalue weighted by molar-refractivity contribution is 5.83. The van der Waals surface area contributed by atoms with E-state index < -0.39 is 0 Å². The number of pyridine rings is 1. The number of carbonyl (C=O) groups is 2. The summed E-state index contributed by atoms with van der Waals surface area (Å²) in [7, 11) is 0. The third-order valence-corrected chi connectivity index (χ3v) is 3.47. The first-order valence-corrected chi connectivity index (χ1v) is 7.65. The number of carbonyl (C=O) groups excluding carboxylic acids is 2. The van der Waals surface area contributed by atoms with E-state index in [1.807, 2.05) is 36.4 Å². The Morgan fingerprint density at radius 1 is 0.760 bits per heavy atom. The van der Waals surface area contributed by atoms with Crippen LogP contribution in [0, 0.1) is 0 Å². The van der Waals surface area contributed by atoms with E-state index in [9.17, 15) is 9.59 Å². The molecule has 3 rings (SSSR count). The van der Waals surface area contributed by atoms with Crippen molar-refractivity contribution in [2.24, 2.45) is 4.99 Å². The highest BCUT2D eigenvalue weighted by atomic mass is 16.1. The zero-order valence-corrected chi connectivity index (χ0v) is 13.3. The maximum Gasteiger partial charge on any atom is 0.154 e. The summed E-state index contributed by atoms with van der Waals surface area (Å²) < 4.78 is 0. The molecule has 0 saturated heterocycles. The number of nitrogens with one attached hydrogen (secondary N) is 1. The van der Waals surface area contributed by atoms with Gasteiger partial charge in [-0.3, -0.25) is 9.59 Å². The van der Waals surface area contributed by atoms with E-state index >= 15 is 0 Å². The molecule has 0 atom stereocenters. The topological polar surface area (TPSA) is 71.4 Å². The van der Waals surface area contributed by atoms with Crippen molar-refractivity contribution in [1.29, 1.82) is 0 Å². The van der Waals surface area contributed by atoms with Crippen LogP contribution in [0.4, 0.5) is 17.3 Å². The van der Waals surface area contributed by atoms with E-state index in [2.05, 4.69) is 15.3 Å². The van der Waals surface area contributed by atoms with Crippen molar-refractivity contribution in [3.63, 3.8) is 0 Å². The van der Waals surface area contributed by atoms with Gasteiger partial charge in [0.1, 0.15) is 18.4 Å². The van der Waals surface area contributed by atoms with Crippen LogP contribution >= 0.6 is 0 Å². The summed E-state index contributed by atoms with van der Waals surface area (Å²) in [5.74, 6) is 1.22. The molecule has 5 nitrogen and oxygen atoms in total. The van der Waals surface area contributed by atoms with Crippen molar-refractivity contribution in [3.05, 3.63) is 83.4 Å². The summed E-state index contributed by atoms with van der Waals surface area (Å²) in [5.41, 5.74) is 2.97. The number of aldehydes is 2. The lowest BCUT2D eigenvalue weighted by Gasteiger charge is -2.06. The van der Waals surface area contributed by atoms with Gasteiger partial charge in [0, 0.05) is 23.0 Å². The normalized spacial score (nSPS) is 10.6. The van der Waals surface area contributed by atoms with Crippen LogP contribution in [-0.2, 0) is 0 Å². The van der Waals surface area contributed by atoms with Crippen LogP contribution in [0.3, 0.4) is 0 Å². The quantitative estimate of drug-likeness (QED) is 0.543. The highest BCUT2D eigenvalue weighted by Crippen LogP contribution is 2.18. The fourth-order valence-corrected chi connectivity index (χ4v) is 2.16. The van der Waals surface area contributed by atoms with Crippen LogP contribution in [0.15, 0.2) is 71.7 Å². The minimum atomic E-state index is 0.564. The van der Waals surface area contributed by atoms with E-state index in [4.69, 9.17) is 0 Å². The van der Waals surface area contributed by atoms with E-state index in [0.29, 0.717) is 22.8 Å². The molecule has 0 aliphatic heterocycles. The monoisotopic (exact) mass is 329 g/mol. The minimum Gasteiger partial charge on any atom is -0.340 e. The maximum atomic E-state index is 10.7.